The van der Waals surface area contributed by atoms with E-state index in [1.807, 2.05) is 26.0 Å². The monoisotopic (exact) mass is 307 g/mol. The second-order valence-corrected chi connectivity index (χ2v) is 6.28. The molecule has 1 fully saturated rings. The molecule has 22 heavy (non-hydrogen) atoms. The minimum absolute atomic E-state index is 0.114. The first-order chi connectivity index (χ1) is 10.5. The van der Waals surface area contributed by atoms with Crippen molar-refractivity contribution in [2.75, 3.05) is 13.1 Å². The molecule has 0 aliphatic carbocycles. The molecule has 1 saturated heterocycles. The summed E-state index contributed by atoms with van der Waals surface area (Å²) < 4.78 is 5.69. The van der Waals surface area contributed by atoms with E-state index in [-0.39, 0.29) is 19.3 Å². The average Bonchev–Trinajstić information content (AvgIpc) is 2.54. The number of likely N-dealkylation sites (tertiary alicyclic amines) is 1. The van der Waals surface area contributed by atoms with Gasteiger partial charge in [0.05, 0.1) is 13.2 Å². The number of benzene rings is 1. The van der Waals surface area contributed by atoms with Gasteiger partial charge in [-0.1, -0.05) is 6.07 Å². The van der Waals surface area contributed by atoms with Crippen molar-refractivity contribution in [3.8, 4) is 0 Å². The maximum Gasteiger partial charge on any atom is 0.410 e. The Hall–Kier alpha value is -1.59. The van der Waals surface area contributed by atoms with E-state index < -0.39 is 5.60 Å². The van der Waals surface area contributed by atoms with Crippen molar-refractivity contribution in [1.82, 2.24) is 4.90 Å². The molecule has 0 unspecified atom stereocenters. The highest BCUT2D eigenvalue weighted by atomic mass is 16.6. The Kier molecular flexibility index (Phi) is 5.42. The van der Waals surface area contributed by atoms with Gasteiger partial charge in [-0.05, 0) is 61.9 Å². The number of rotatable bonds is 4. The number of hydrogen-bond donors (Lipinski definition) is 2. The number of nitrogens with zero attached hydrogens (tertiary/aromatic N) is 1. The summed E-state index contributed by atoms with van der Waals surface area (Å²) in [5, 5.41) is 18.7. The zero-order chi connectivity index (χ0) is 16.2. The molecule has 1 aromatic carbocycles. The van der Waals surface area contributed by atoms with Crippen LogP contribution in [0.4, 0.5) is 4.79 Å². The Morgan fingerprint density at radius 3 is 2.14 bits per heavy atom. The molecular weight excluding hydrogens is 282 g/mol. The molecule has 1 amide bonds. The molecular formula is C17H25NO4. The summed E-state index contributed by atoms with van der Waals surface area (Å²) in [6.45, 7) is 4.91. The van der Waals surface area contributed by atoms with Gasteiger partial charge in [-0.2, -0.15) is 0 Å². The van der Waals surface area contributed by atoms with Crippen molar-refractivity contribution >= 4 is 6.09 Å². The van der Waals surface area contributed by atoms with Crippen LogP contribution < -0.4 is 0 Å². The Labute approximate surface area is 131 Å². The lowest BCUT2D eigenvalue weighted by Gasteiger charge is -2.32. The molecule has 0 atom stereocenters. The molecule has 1 aromatic rings. The maximum atomic E-state index is 12.3. The third kappa shape index (κ3) is 3.99. The van der Waals surface area contributed by atoms with Crippen LogP contribution in [0, 0.1) is 0 Å². The SMILES string of the molecule is CC(C)(OC(=O)N1CCCCC1)c1cc(CO)cc(CO)c1. The van der Waals surface area contributed by atoms with Crippen LogP contribution in [-0.2, 0) is 23.6 Å². The van der Waals surface area contributed by atoms with E-state index in [9.17, 15) is 15.0 Å². The summed E-state index contributed by atoms with van der Waals surface area (Å²) in [5.41, 5.74) is 1.35. The molecule has 0 aromatic heterocycles. The fourth-order valence-electron chi connectivity index (χ4n) is 2.71. The van der Waals surface area contributed by atoms with Gasteiger partial charge in [0.25, 0.3) is 0 Å². The quantitative estimate of drug-likeness (QED) is 0.897. The van der Waals surface area contributed by atoms with E-state index in [0.29, 0.717) is 11.1 Å². The molecule has 1 aliphatic heterocycles. The Morgan fingerprint density at radius 2 is 1.64 bits per heavy atom. The number of aliphatic hydroxyl groups excluding tert-OH is 2. The summed E-state index contributed by atoms with van der Waals surface area (Å²) in [6, 6.07) is 5.36. The minimum atomic E-state index is -0.816. The van der Waals surface area contributed by atoms with Gasteiger partial charge in [0, 0.05) is 13.1 Å². The van der Waals surface area contributed by atoms with Crippen molar-refractivity contribution in [2.24, 2.45) is 0 Å². The van der Waals surface area contributed by atoms with E-state index in [1.54, 1.807) is 11.0 Å². The molecule has 0 bridgehead atoms. The lowest BCUT2D eigenvalue weighted by atomic mass is 9.94. The van der Waals surface area contributed by atoms with E-state index in [4.69, 9.17) is 4.74 Å². The van der Waals surface area contributed by atoms with Crippen LogP contribution in [0.25, 0.3) is 0 Å². The molecule has 0 spiro atoms. The van der Waals surface area contributed by atoms with Crippen LogP contribution in [0.3, 0.4) is 0 Å². The molecule has 1 heterocycles. The molecule has 5 heteroatoms. The van der Waals surface area contributed by atoms with Crippen LogP contribution in [0.2, 0.25) is 0 Å². The normalized spacial score (nSPS) is 15.7. The molecule has 1 aliphatic rings. The lowest BCUT2D eigenvalue weighted by Crippen LogP contribution is -2.40. The van der Waals surface area contributed by atoms with Gasteiger partial charge in [-0.3, -0.25) is 0 Å². The van der Waals surface area contributed by atoms with E-state index in [2.05, 4.69) is 0 Å². The summed E-state index contributed by atoms with van der Waals surface area (Å²) >= 11 is 0. The van der Waals surface area contributed by atoms with Gasteiger partial charge in [0.15, 0.2) is 0 Å². The Bertz CT molecular complexity index is 499. The highest BCUT2D eigenvalue weighted by molar-refractivity contribution is 5.68. The largest absolute Gasteiger partial charge is 0.438 e. The van der Waals surface area contributed by atoms with Gasteiger partial charge >= 0.3 is 6.09 Å². The first-order valence-corrected chi connectivity index (χ1v) is 7.79. The smallest absolute Gasteiger partial charge is 0.410 e. The van der Waals surface area contributed by atoms with Crippen LogP contribution in [0.5, 0.6) is 0 Å². The predicted molar refractivity (Wildman–Crippen MR) is 83.2 cm³/mol. The molecule has 0 saturated carbocycles. The van der Waals surface area contributed by atoms with Crippen LogP contribution >= 0.6 is 0 Å². The third-order valence-electron chi connectivity index (χ3n) is 4.07. The highest BCUT2D eigenvalue weighted by Gasteiger charge is 2.29. The topological polar surface area (TPSA) is 70.0 Å². The van der Waals surface area contributed by atoms with Crippen molar-refractivity contribution in [2.45, 2.75) is 51.9 Å². The van der Waals surface area contributed by atoms with Gasteiger partial charge < -0.3 is 19.8 Å². The summed E-state index contributed by atoms with van der Waals surface area (Å²) in [6.07, 6.45) is 2.89. The fourth-order valence-corrected chi connectivity index (χ4v) is 2.71. The van der Waals surface area contributed by atoms with Crippen LogP contribution in [0.15, 0.2) is 18.2 Å². The Balaban J connectivity index is 2.16. The number of carbonyl (C=O) groups excluding carboxylic acids is 1. The number of amides is 1. The lowest BCUT2D eigenvalue weighted by molar-refractivity contribution is 0.00766. The minimum Gasteiger partial charge on any atom is -0.438 e. The van der Waals surface area contributed by atoms with Gasteiger partial charge in [-0.15, -0.1) is 0 Å². The number of hydrogen-bond acceptors (Lipinski definition) is 4. The number of piperidine rings is 1. The zero-order valence-electron chi connectivity index (χ0n) is 13.3. The number of carbonyl (C=O) groups is 1. The first-order valence-electron chi connectivity index (χ1n) is 7.79. The van der Waals surface area contributed by atoms with Crippen molar-refractivity contribution in [1.29, 1.82) is 0 Å². The van der Waals surface area contributed by atoms with Crippen molar-refractivity contribution in [3.63, 3.8) is 0 Å². The summed E-state index contributed by atoms with van der Waals surface area (Å²) in [5.74, 6) is 0. The standard InChI is InChI=1S/C17H25NO4/c1-17(2,22-16(21)18-6-4-3-5-7-18)15-9-13(11-19)8-14(10-15)12-20/h8-10,19-20H,3-7,11-12H2,1-2H3. The molecule has 0 radical (unpaired) electrons. The molecule has 2 rings (SSSR count). The fraction of sp³-hybridized carbons (Fsp3) is 0.588. The zero-order valence-corrected chi connectivity index (χ0v) is 13.3. The third-order valence-corrected chi connectivity index (χ3v) is 4.07. The number of ether oxygens (including phenoxy) is 1. The molecule has 5 nitrogen and oxygen atoms in total. The average molecular weight is 307 g/mol. The maximum absolute atomic E-state index is 12.3. The molecule has 122 valence electrons. The van der Waals surface area contributed by atoms with E-state index in [0.717, 1.165) is 37.9 Å². The molecule has 2 N–H and O–H groups in total. The summed E-state index contributed by atoms with van der Waals surface area (Å²) in [7, 11) is 0. The highest BCUT2D eigenvalue weighted by Crippen LogP contribution is 2.28. The number of aliphatic hydroxyl groups is 2. The van der Waals surface area contributed by atoms with Crippen LogP contribution in [-0.4, -0.2) is 34.3 Å². The predicted octanol–water partition coefficient (Wildman–Crippen LogP) is 2.53. The second-order valence-electron chi connectivity index (χ2n) is 6.28. The van der Waals surface area contributed by atoms with E-state index >= 15 is 0 Å². The van der Waals surface area contributed by atoms with Crippen molar-refractivity contribution in [3.05, 3.63) is 34.9 Å². The van der Waals surface area contributed by atoms with E-state index in [1.165, 1.54) is 0 Å². The van der Waals surface area contributed by atoms with Gasteiger partial charge in [-0.25, -0.2) is 4.79 Å². The van der Waals surface area contributed by atoms with Crippen molar-refractivity contribution < 1.29 is 19.7 Å². The Morgan fingerprint density at radius 1 is 1.09 bits per heavy atom. The summed E-state index contributed by atoms with van der Waals surface area (Å²) in [4.78, 5) is 14.0. The first kappa shape index (κ1) is 16.8. The van der Waals surface area contributed by atoms with Gasteiger partial charge in [0.1, 0.15) is 5.60 Å². The van der Waals surface area contributed by atoms with Crippen LogP contribution in [0.1, 0.15) is 49.8 Å². The second kappa shape index (κ2) is 7.11. The van der Waals surface area contributed by atoms with Gasteiger partial charge in [0.2, 0.25) is 0 Å².